The van der Waals surface area contributed by atoms with E-state index in [9.17, 15) is 4.79 Å². The first kappa shape index (κ1) is 10.4. The average molecular weight is 217 g/mol. The minimum atomic E-state index is -1.02. The predicted octanol–water partition coefficient (Wildman–Crippen LogP) is 1.66. The van der Waals surface area contributed by atoms with Gasteiger partial charge in [-0.25, -0.2) is 14.8 Å². The number of aryl methyl sites for hydroxylation is 1. The van der Waals surface area contributed by atoms with Gasteiger partial charge in [-0.1, -0.05) is 0 Å². The number of aromatic carboxylic acids is 1. The van der Waals surface area contributed by atoms with Gasteiger partial charge in [-0.15, -0.1) is 0 Å². The molecule has 16 heavy (non-hydrogen) atoms. The molecule has 0 saturated heterocycles. The topological polar surface area (TPSA) is 68.0 Å². The Morgan fingerprint density at radius 2 is 2.25 bits per heavy atom. The van der Waals surface area contributed by atoms with E-state index in [0.717, 1.165) is 17.9 Å². The smallest absolute Gasteiger partial charge is 0.354 e. The summed E-state index contributed by atoms with van der Waals surface area (Å²) >= 11 is 0. The Labute approximate surface area is 92.4 Å². The molecule has 0 bridgehead atoms. The lowest BCUT2D eigenvalue weighted by Gasteiger charge is -2.04. The highest BCUT2D eigenvalue weighted by Crippen LogP contribution is 2.16. The van der Waals surface area contributed by atoms with Crippen LogP contribution in [0.15, 0.2) is 30.7 Å². The normalized spacial score (nSPS) is 10.3. The molecule has 0 saturated carbocycles. The maximum Gasteiger partial charge on any atom is 0.354 e. The summed E-state index contributed by atoms with van der Waals surface area (Å²) in [5, 5.41) is 8.72. The second kappa shape index (κ2) is 4.14. The molecule has 0 spiro atoms. The summed E-state index contributed by atoms with van der Waals surface area (Å²) in [4.78, 5) is 18.7. The van der Waals surface area contributed by atoms with Gasteiger partial charge in [0, 0.05) is 30.7 Å². The molecule has 2 rings (SSSR count). The van der Waals surface area contributed by atoms with E-state index in [1.165, 1.54) is 12.3 Å². The van der Waals surface area contributed by atoms with Gasteiger partial charge in [-0.2, -0.15) is 0 Å². The van der Waals surface area contributed by atoms with Crippen LogP contribution < -0.4 is 0 Å². The zero-order valence-corrected chi connectivity index (χ0v) is 8.79. The monoisotopic (exact) mass is 217 g/mol. The number of carboxylic acid groups (broad SMARTS) is 1. The van der Waals surface area contributed by atoms with Gasteiger partial charge in [0.1, 0.15) is 11.5 Å². The Kier molecular flexibility index (Phi) is 2.68. The minimum absolute atomic E-state index is 0.0401. The molecule has 0 atom stereocenters. The van der Waals surface area contributed by atoms with Crippen molar-refractivity contribution in [1.82, 2.24) is 14.5 Å². The van der Waals surface area contributed by atoms with Crippen LogP contribution in [-0.4, -0.2) is 25.6 Å². The highest BCUT2D eigenvalue weighted by Gasteiger charge is 2.07. The summed E-state index contributed by atoms with van der Waals surface area (Å²) in [6, 6.07) is 3.19. The minimum Gasteiger partial charge on any atom is -0.477 e. The van der Waals surface area contributed by atoms with Crippen LogP contribution in [0.2, 0.25) is 0 Å². The molecule has 82 valence electrons. The molecule has 0 amide bonds. The number of carboxylic acids is 1. The van der Waals surface area contributed by atoms with Gasteiger partial charge in [0.05, 0.1) is 0 Å². The lowest BCUT2D eigenvalue weighted by atomic mass is 10.2. The van der Waals surface area contributed by atoms with Gasteiger partial charge in [-0.05, 0) is 19.1 Å². The van der Waals surface area contributed by atoms with Crippen molar-refractivity contribution in [1.29, 1.82) is 0 Å². The van der Waals surface area contributed by atoms with Crippen LogP contribution in [0.4, 0.5) is 0 Å². The first-order chi connectivity index (χ1) is 7.72. The maximum absolute atomic E-state index is 10.6. The van der Waals surface area contributed by atoms with E-state index >= 15 is 0 Å². The molecule has 0 unspecified atom stereocenters. The third-order valence-electron chi connectivity index (χ3n) is 2.30. The zero-order chi connectivity index (χ0) is 11.5. The van der Waals surface area contributed by atoms with E-state index < -0.39 is 5.97 Å². The Morgan fingerprint density at radius 3 is 2.81 bits per heavy atom. The van der Waals surface area contributed by atoms with Gasteiger partial charge in [-0.3, -0.25) is 0 Å². The highest BCUT2D eigenvalue weighted by atomic mass is 16.4. The number of aromatic nitrogens is 3. The summed E-state index contributed by atoms with van der Waals surface area (Å²) in [6.45, 7) is 2.83. The number of carbonyl (C=O) groups is 1. The highest BCUT2D eigenvalue weighted by molar-refractivity contribution is 5.85. The van der Waals surface area contributed by atoms with Crippen LogP contribution in [0.3, 0.4) is 0 Å². The van der Waals surface area contributed by atoms with Crippen molar-refractivity contribution >= 4 is 5.97 Å². The van der Waals surface area contributed by atoms with Gasteiger partial charge >= 0.3 is 5.97 Å². The van der Waals surface area contributed by atoms with Crippen LogP contribution in [0.5, 0.6) is 0 Å². The Morgan fingerprint density at radius 1 is 1.44 bits per heavy atom. The number of hydrogen-bond acceptors (Lipinski definition) is 3. The first-order valence-electron chi connectivity index (χ1n) is 4.93. The van der Waals surface area contributed by atoms with Crippen LogP contribution in [0.1, 0.15) is 17.4 Å². The number of hydrogen-bond donors (Lipinski definition) is 1. The van der Waals surface area contributed by atoms with Gasteiger partial charge in [0.25, 0.3) is 0 Å². The van der Waals surface area contributed by atoms with Crippen molar-refractivity contribution in [3.63, 3.8) is 0 Å². The number of rotatable bonds is 3. The fraction of sp³-hybridized carbons (Fsp3) is 0.182. The zero-order valence-electron chi connectivity index (χ0n) is 8.79. The van der Waals surface area contributed by atoms with Gasteiger partial charge in [0.2, 0.25) is 0 Å². The molecule has 0 aromatic carbocycles. The molecule has 0 aliphatic heterocycles. The van der Waals surface area contributed by atoms with E-state index in [1.807, 2.05) is 17.7 Å². The summed E-state index contributed by atoms with van der Waals surface area (Å²) < 4.78 is 1.97. The Balaban J connectivity index is 2.38. The Hall–Kier alpha value is -2.17. The summed E-state index contributed by atoms with van der Waals surface area (Å²) in [5.74, 6) is -0.225. The fourth-order valence-corrected chi connectivity index (χ4v) is 1.48. The van der Waals surface area contributed by atoms with E-state index in [4.69, 9.17) is 5.11 Å². The summed E-state index contributed by atoms with van der Waals surface area (Å²) in [5.41, 5.74) is 0.857. The van der Waals surface area contributed by atoms with E-state index in [-0.39, 0.29) is 5.69 Å². The molecular formula is C11H11N3O2. The molecule has 0 radical (unpaired) electrons. The summed E-state index contributed by atoms with van der Waals surface area (Å²) in [6.07, 6.45) is 5.11. The van der Waals surface area contributed by atoms with E-state index in [0.29, 0.717) is 0 Å². The van der Waals surface area contributed by atoms with Crippen LogP contribution in [-0.2, 0) is 6.54 Å². The second-order valence-electron chi connectivity index (χ2n) is 3.27. The third kappa shape index (κ3) is 1.79. The Bertz CT molecular complexity index is 502. The molecule has 0 aliphatic rings. The molecule has 1 N–H and O–H groups in total. The van der Waals surface area contributed by atoms with E-state index in [2.05, 4.69) is 9.97 Å². The average Bonchev–Trinajstić information content (AvgIpc) is 2.77. The molecule has 0 fully saturated rings. The standard InChI is InChI=1S/C11H11N3O2/c1-2-14-6-5-12-10(14)8-3-4-9(11(15)16)13-7-8/h3-7H,2H2,1H3,(H,15,16). The number of nitrogens with zero attached hydrogens (tertiary/aromatic N) is 3. The van der Waals surface area contributed by atoms with Crippen molar-refractivity contribution in [3.8, 4) is 11.4 Å². The molecule has 2 aromatic rings. The molecule has 0 aliphatic carbocycles. The summed E-state index contributed by atoms with van der Waals surface area (Å²) in [7, 11) is 0. The first-order valence-corrected chi connectivity index (χ1v) is 4.93. The van der Waals surface area contributed by atoms with Crippen molar-refractivity contribution in [2.24, 2.45) is 0 Å². The quantitative estimate of drug-likeness (QED) is 0.849. The van der Waals surface area contributed by atoms with Crippen LogP contribution in [0.25, 0.3) is 11.4 Å². The largest absolute Gasteiger partial charge is 0.477 e. The SMILES string of the molecule is CCn1ccnc1-c1ccc(C(=O)O)nc1. The van der Waals surface area contributed by atoms with Crippen molar-refractivity contribution < 1.29 is 9.90 Å². The van der Waals surface area contributed by atoms with Crippen LogP contribution in [0, 0.1) is 0 Å². The van der Waals surface area contributed by atoms with Crippen molar-refractivity contribution in [3.05, 3.63) is 36.4 Å². The third-order valence-corrected chi connectivity index (χ3v) is 2.30. The molecule has 5 nitrogen and oxygen atoms in total. The molecule has 2 aromatic heterocycles. The molecular weight excluding hydrogens is 206 g/mol. The molecule has 2 heterocycles. The number of imidazole rings is 1. The maximum atomic E-state index is 10.6. The van der Waals surface area contributed by atoms with Gasteiger partial charge < -0.3 is 9.67 Å². The predicted molar refractivity (Wildman–Crippen MR) is 58.1 cm³/mol. The molecule has 5 heteroatoms. The van der Waals surface area contributed by atoms with Crippen molar-refractivity contribution in [2.45, 2.75) is 13.5 Å². The number of pyridine rings is 1. The second-order valence-corrected chi connectivity index (χ2v) is 3.27. The lowest BCUT2D eigenvalue weighted by Crippen LogP contribution is -2.01. The lowest BCUT2D eigenvalue weighted by molar-refractivity contribution is 0.0690. The van der Waals surface area contributed by atoms with E-state index in [1.54, 1.807) is 12.3 Å². The van der Waals surface area contributed by atoms with Crippen LogP contribution >= 0.6 is 0 Å². The fourth-order valence-electron chi connectivity index (χ4n) is 1.48. The van der Waals surface area contributed by atoms with Crippen molar-refractivity contribution in [2.75, 3.05) is 0 Å². The van der Waals surface area contributed by atoms with Gasteiger partial charge in [0.15, 0.2) is 0 Å².